The lowest BCUT2D eigenvalue weighted by Crippen LogP contribution is -2.43. The van der Waals surface area contributed by atoms with Gasteiger partial charge in [-0.05, 0) is 30.5 Å². The van der Waals surface area contributed by atoms with Crippen LogP contribution in [0.25, 0.3) is 0 Å². The Morgan fingerprint density at radius 1 is 0.681 bits per heavy atom. The van der Waals surface area contributed by atoms with E-state index in [9.17, 15) is 19.2 Å². The van der Waals surface area contributed by atoms with Gasteiger partial charge >= 0.3 is 6.03 Å². The van der Waals surface area contributed by atoms with E-state index in [1.54, 1.807) is 0 Å². The summed E-state index contributed by atoms with van der Waals surface area (Å²) in [5, 5.41) is 18.4. The Hall–Kier alpha value is -3.06. The zero-order chi connectivity index (χ0) is 49.6. The van der Waals surface area contributed by atoms with E-state index in [-0.39, 0.29) is 55.8 Å². The van der Waals surface area contributed by atoms with Crippen molar-refractivity contribution in [2.45, 2.75) is 62.4 Å². The lowest BCUT2D eigenvalue weighted by atomic mass is 10.0. The van der Waals surface area contributed by atoms with Crippen molar-refractivity contribution >= 4 is 52.8 Å². The van der Waals surface area contributed by atoms with Crippen LogP contribution < -0.4 is 36.8 Å². The van der Waals surface area contributed by atoms with Crippen LogP contribution in [0.3, 0.4) is 0 Å². The van der Waals surface area contributed by atoms with Crippen LogP contribution in [0.2, 0.25) is 0 Å². The van der Waals surface area contributed by atoms with Crippen LogP contribution in [-0.2, 0) is 58.8 Å². The molecule has 0 spiro atoms. The molecular weight excluding hydrogens is 936 g/mol. The highest BCUT2D eigenvalue weighted by Crippen LogP contribution is 2.33. The summed E-state index contributed by atoms with van der Waals surface area (Å²) < 4.78 is 44.4. The normalized spacial score (nSPS) is 16.5. The van der Waals surface area contributed by atoms with Gasteiger partial charge in [-0.2, -0.15) is 11.8 Å². The molecule has 0 saturated carbocycles. The smallest absolute Gasteiger partial charge is 0.315 e. The molecule has 3 unspecified atom stereocenters. The van der Waals surface area contributed by atoms with Crippen molar-refractivity contribution in [3.05, 3.63) is 29.8 Å². The molecule has 1 aromatic carbocycles. The van der Waals surface area contributed by atoms with E-state index in [0.29, 0.717) is 116 Å². The highest BCUT2D eigenvalue weighted by molar-refractivity contribution is 8.00. The minimum Gasteiger partial charge on any atom is -0.377 e. The SMILES string of the molecule is CN(CCCl)c1ccc(CNCCC[N+](C)(C)CCCNC(=O)COCC(=O)NCCOCCOCCOCOCCOCCOCCOCCNC(=O)CCCCC2SCC3NC(=O)NC32)cc1. The van der Waals surface area contributed by atoms with Crippen LogP contribution in [0.1, 0.15) is 44.1 Å². The largest absolute Gasteiger partial charge is 0.377 e. The van der Waals surface area contributed by atoms with Crippen molar-refractivity contribution in [3.63, 3.8) is 0 Å². The van der Waals surface area contributed by atoms with Crippen molar-refractivity contribution < 1.29 is 61.6 Å². The molecule has 1 aromatic rings. The summed E-state index contributed by atoms with van der Waals surface area (Å²) in [4.78, 5) is 49.9. The number of carbonyl (C=O) groups is 4. The quantitative estimate of drug-likeness (QED) is 0.0179. The molecule has 2 aliphatic rings. The van der Waals surface area contributed by atoms with Crippen LogP contribution in [0.15, 0.2) is 24.3 Å². The Morgan fingerprint density at radius 3 is 1.81 bits per heavy atom. The van der Waals surface area contributed by atoms with E-state index >= 15 is 0 Å². The summed E-state index contributed by atoms with van der Waals surface area (Å²) in [7, 11) is 6.45. The number of unbranched alkanes of at least 4 members (excludes halogenated alkanes) is 1. The number of amides is 5. The fourth-order valence-electron chi connectivity index (χ4n) is 7.34. The van der Waals surface area contributed by atoms with E-state index in [4.69, 9.17) is 49.5 Å². The predicted molar refractivity (Wildman–Crippen MR) is 268 cm³/mol. The van der Waals surface area contributed by atoms with Gasteiger partial charge in [-0.25, -0.2) is 4.79 Å². The molecule has 20 nitrogen and oxygen atoms in total. The first-order valence-corrected chi connectivity index (χ1v) is 26.1. The number of nitrogens with one attached hydrogen (secondary N) is 6. The summed E-state index contributed by atoms with van der Waals surface area (Å²) in [6, 6.07) is 8.94. The number of ether oxygens (including phenoxy) is 8. The highest BCUT2D eigenvalue weighted by atomic mass is 35.5. The molecular formula is C47H84ClN8O12S+. The molecule has 2 aliphatic heterocycles. The first-order chi connectivity index (χ1) is 33.6. The standard InChI is InChI=1S/C47H83ClN8O12S/c1-55(19-14-48)40-12-10-39(11-13-40)34-49-15-6-20-56(2,3)21-7-16-50-44(58)35-68-36-45(59)52-18-23-62-25-27-64-30-32-66-38-67-33-31-65-29-28-63-26-24-61-22-17-51-43(57)9-5-4-8-42-46-41(37-69-42)53-47(60)54-46/h10-13,41-42,46,49H,4-9,14-38H2,1-3H3,(H4-,50,51,52,53,54,57,58,59,60)/p+1. The molecule has 2 heterocycles. The molecule has 0 radical (unpaired) electrons. The van der Waals surface area contributed by atoms with Crippen molar-refractivity contribution in [2.24, 2.45) is 0 Å². The number of nitrogens with zero attached hydrogens (tertiary/aromatic N) is 2. The van der Waals surface area contributed by atoms with Crippen molar-refractivity contribution in [2.75, 3.05) is 183 Å². The van der Waals surface area contributed by atoms with Crippen molar-refractivity contribution in [1.82, 2.24) is 31.9 Å². The van der Waals surface area contributed by atoms with Crippen LogP contribution in [0, 0.1) is 0 Å². The van der Waals surface area contributed by atoms with Gasteiger partial charge in [0.1, 0.15) is 20.0 Å². The second-order valence-corrected chi connectivity index (χ2v) is 19.1. The summed E-state index contributed by atoms with van der Waals surface area (Å²) in [5.41, 5.74) is 2.42. The molecule has 2 fully saturated rings. The number of rotatable bonds is 45. The van der Waals surface area contributed by atoms with Gasteiger partial charge in [0.2, 0.25) is 17.7 Å². The maximum Gasteiger partial charge on any atom is 0.315 e. The highest BCUT2D eigenvalue weighted by Gasteiger charge is 2.42. The summed E-state index contributed by atoms with van der Waals surface area (Å²) in [6.45, 7) is 10.5. The number of hydrogen-bond donors (Lipinski definition) is 6. The summed E-state index contributed by atoms with van der Waals surface area (Å²) in [6.07, 6.45) is 5.19. The maximum atomic E-state index is 12.2. The van der Waals surface area contributed by atoms with Crippen molar-refractivity contribution in [1.29, 1.82) is 0 Å². The second kappa shape index (κ2) is 38.6. The lowest BCUT2D eigenvalue weighted by molar-refractivity contribution is -0.890. The van der Waals surface area contributed by atoms with Crippen LogP contribution in [0.5, 0.6) is 0 Å². The van der Waals surface area contributed by atoms with Gasteiger partial charge in [-0.15, -0.1) is 11.6 Å². The fraction of sp³-hybridized carbons (Fsp3) is 0.787. The molecule has 0 aliphatic carbocycles. The number of urea groups is 1. The predicted octanol–water partition coefficient (Wildman–Crippen LogP) is 1.47. The number of carbonyl (C=O) groups excluding carboxylic acids is 4. The fourth-order valence-corrected chi connectivity index (χ4v) is 9.14. The van der Waals surface area contributed by atoms with E-state index < -0.39 is 0 Å². The minimum atomic E-state index is -0.314. The minimum absolute atomic E-state index is 0.0307. The van der Waals surface area contributed by atoms with Gasteiger partial charge < -0.3 is 79.2 Å². The van der Waals surface area contributed by atoms with Gasteiger partial charge in [-0.3, -0.25) is 14.4 Å². The monoisotopic (exact) mass is 1020 g/mol. The molecule has 396 valence electrons. The summed E-state index contributed by atoms with van der Waals surface area (Å²) >= 11 is 7.74. The number of halogens is 1. The number of thioether (sulfide) groups is 1. The van der Waals surface area contributed by atoms with Gasteiger partial charge in [0.25, 0.3) is 0 Å². The molecule has 2 saturated heterocycles. The summed E-state index contributed by atoms with van der Waals surface area (Å²) in [5.74, 6) is 1.03. The first-order valence-electron chi connectivity index (χ1n) is 24.6. The number of fused-ring (bicyclic) bond motifs is 1. The molecule has 6 N–H and O–H groups in total. The lowest BCUT2D eigenvalue weighted by Gasteiger charge is -2.30. The van der Waals surface area contributed by atoms with Crippen LogP contribution in [0.4, 0.5) is 10.5 Å². The van der Waals surface area contributed by atoms with Crippen LogP contribution >= 0.6 is 23.4 Å². The Bertz CT molecular complexity index is 1530. The Kier molecular flexibility index (Phi) is 33.7. The van der Waals surface area contributed by atoms with Crippen LogP contribution in [-0.4, -0.2) is 223 Å². The molecule has 22 heteroatoms. The van der Waals surface area contributed by atoms with Gasteiger partial charge in [-0.1, -0.05) is 18.6 Å². The third-order valence-electron chi connectivity index (χ3n) is 11.2. The van der Waals surface area contributed by atoms with E-state index in [0.717, 1.165) is 75.1 Å². The number of quaternary nitrogens is 1. The zero-order valence-corrected chi connectivity index (χ0v) is 43.1. The Labute approximate surface area is 419 Å². The molecule has 3 rings (SSSR count). The molecule has 69 heavy (non-hydrogen) atoms. The number of benzene rings is 1. The molecule has 0 bridgehead atoms. The molecule has 0 aromatic heterocycles. The third-order valence-corrected chi connectivity index (χ3v) is 12.9. The second-order valence-electron chi connectivity index (χ2n) is 17.5. The molecule has 3 atom stereocenters. The number of anilines is 1. The van der Waals surface area contributed by atoms with Gasteiger partial charge in [0.05, 0.1) is 119 Å². The topological polar surface area (TPSA) is 218 Å². The van der Waals surface area contributed by atoms with E-state index in [2.05, 4.69) is 75.2 Å². The average molecular weight is 1020 g/mol. The van der Waals surface area contributed by atoms with Gasteiger partial charge in [0.15, 0.2) is 0 Å². The van der Waals surface area contributed by atoms with Gasteiger partial charge in [0, 0.05) is 88.1 Å². The average Bonchev–Trinajstić information content (AvgIpc) is 3.89. The van der Waals surface area contributed by atoms with E-state index in [1.807, 2.05) is 18.8 Å². The number of alkyl halides is 1. The Balaban J connectivity index is 0.949. The maximum absolute atomic E-state index is 12.2. The first kappa shape index (κ1) is 60.2. The number of hydrogen-bond acceptors (Lipinski definition) is 15. The van der Waals surface area contributed by atoms with Crippen molar-refractivity contribution in [3.8, 4) is 0 Å². The zero-order valence-electron chi connectivity index (χ0n) is 41.5. The third kappa shape index (κ3) is 30.4. The van der Waals surface area contributed by atoms with E-state index in [1.165, 1.54) is 11.3 Å². The molecule has 5 amide bonds. The Morgan fingerprint density at radius 2 is 1.22 bits per heavy atom.